The van der Waals surface area contributed by atoms with Crippen molar-refractivity contribution >= 4 is 45.1 Å². The molecular formula is C26H32N6O3S. The van der Waals surface area contributed by atoms with E-state index in [9.17, 15) is 14.4 Å². The molecule has 3 N–H and O–H groups in total. The highest BCUT2D eigenvalue weighted by atomic mass is 32.1. The smallest absolute Gasteiger partial charge is 0.271 e. The number of anilines is 1. The number of nitrogens with one attached hydrogen (secondary N) is 3. The number of piperidine rings is 1. The van der Waals surface area contributed by atoms with Crippen LogP contribution in [-0.2, 0) is 0 Å². The van der Waals surface area contributed by atoms with E-state index < -0.39 is 0 Å². The molecule has 0 saturated carbocycles. The Balaban J connectivity index is 1.22. The molecule has 190 valence electrons. The summed E-state index contributed by atoms with van der Waals surface area (Å²) >= 11 is 1.23. The Morgan fingerprint density at radius 3 is 2.72 bits per heavy atom. The number of aromatic nitrogens is 2. The van der Waals surface area contributed by atoms with Gasteiger partial charge in [0.05, 0.1) is 0 Å². The van der Waals surface area contributed by atoms with Crippen molar-refractivity contribution < 1.29 is 14.4 Å². The summed E-state index contributed by atoms with van der Waals surface area (Å²) in [5.74, 6) is 0.0207. The highest BCUT2D eigenvalue weighted by molar-refractivity contribution is 7.14. The van der Waals surface area contributed by atoms with Gasteiger partial charge in [-0.2, -0.15) is 0 Å². The third kappa shape index (κ3) is 5.01. The van der Waals surface area contributed by atoms with Crippen LogP contribution in [-0.4, -0.2) is 64.4 Å². The molecule has 10 heteroatoms. The molecule has 36 heavy (non-hydrogen) atoms. The lowest BCUT2D eigenvalue weighted by molar-refractivity contribution is 0.0899. The van der Waals surface area contributed by atoms with Gasteiger partial charge < -0.3 is 20.1 Å². The Morgan fingerprint density at radius 1 is 1.19 bits per heavy atom. The van der Waals surface area contributed by atoms with Crippen LogP contribution in [0.1, 0.15) is 71.0 Å². The van der Waals surface area contributed by atoms with Gasteiger partial charge in [-0.1, -0.05) is 19.9 Å². The van der Waals surface area contributed by atoms with E-state index in [-0.39, 0.29) is 29.8 Å². The summed E-state index contributed by atoms with van der Waals surface area (Å²) < 4.78 is 1.98. The number of nitrogens with zero attached hydrogens (tertiary/aromatic N) is 3. The molecule has 3 amide bonds. The van der Waals surface area contributed by atoms with Crippen molar-refractivity contribution in [3.63, 3.8) is 0 Å². The molecule has 4 heterocycles. The lowest BCUT2D eigenvalue weighted by atomic mass is 10.0. The maximum absolute atomic E-state index is 13.0. The fraction of sp³-hybridized carbons (Fsp3) is 0.462. The normalized spacial score (nSPS) is 18.8. The fourth-order valence-electron chi connectivity index (χ4n) is 5.07. The maximum Gasteiger partial charge on any atom is 0.271 e. The second-order valence-electron chi connectivity index (χ2n) is 10.2. The Kier molecular flexibility index (Phi) is 6.81. The van der Waals surface area contributed by atoms with Crippen molar-refractivity contribution in [2.75, 3.05) is 31.5 Å². The second kappa shape index (κ2) is 10.0. The van der Waals surface area contributed by atoms with Crippen molar-refractivity contribution in [2.24, 2.45) is 5.92 Å². The van der Waals surface area contributed by atoms with E-state index in [1.165, 1.54) is 11.3 Å². The highest BCUT2D eigenvalue weighted by Gasteiger charge is 2.25. The van der Waals surface area contributed by atoms with Crippen LogP contribution in [0.25, 0.3) is 10.9 Å². The van der Waals surface area contributed by atoms with Gasteiger partial charge >= 0.3 is 0 Å². The number of carbonyl (C=O) groups is 3. The third-order valence-electron chi connectivity index (χ3n) is 6.84. The number of thiazole rings is 1. The number of carbonyl (C=O) groups excluding carboxylic acids is 3. The van der Waals surface area contributed by atoms with E-state index in [0.29, 0.717) is 34.5 Å². The van der Waals surface area contributed by atoms with Crippen LogP contribution in [0.15, 0.2) is 29.6 Å². The number of amides is 3. The molecule has 3 aromatic rings. The summed E-state index contributed by atoms with van der Waals surface area (Å²) in [5.41, 5.74) is 2.23. The zero-order valence-electron chi connectivity index (χ0n) is 20.8. The molecule has 0 bridgehead atoms. The van der Waals surface area contributed by atoms with Crippen molar-refractivity contribution in [1.82, 2.24) is 25.1 Å². The fourth-order valence-corrected chi connectivity index (χ4v) is 5.76. The first-order valence-electron chi connectivity index (χ1n) is 12.5. The van der Waals surface area contributed by atoms with Crippen LogP contribution >= 0.6 is 11.3 Å². The summed E-state index contributed by atoms with van der Waals surface area (Å²) in [4.78, 5) is 44.7. The summed E-state index contributed by atoms with van der Waals surface area (Å²) in [6, 6.07) is 7.47. The van der Waals surface area contributed by atoms with Gasteiger partial charge in [0.2, 0.25) is 0 Å². The Morgan fingerprint density at radius 2 is 1.97 bits per heavy atom. The van der Waals surface area contributed by atoms with E-state index in [1.54, 1.807) is 17.5 Å². The Labute approximate surface area is 214 Å². The van der Waals surface area contributed by atoms with Crippen LogP contribution < -0.4 is 16.0 Å². The first-order valence-corrected chi connectivity index (χ1v) is 13.4. The summed E-state index contributed by atoms with van der Waals surface area (Å²) in [7, 11) is 0. The SMILES string of the molecule is CC(C)CN1CCC(NC(=O)c2csc(NC(=O)c3ccc4cc5n(c4c3)C(C)CNC5=O)n2)CC1. The molecule has 0 spiro atoms. The lowest BCUT2D eigenvalue weighted by Gasteiger charge is -2.33. The highest BCUT2D eigenvalue weighted by Crippen LogP contribution is 2.28. The standard InChI is InChI=1S/C26H32N6O3S/c1-15(2)13-31-8-6-19(7-9-31)28-24(34)20-14-36-26(29-20)30-23(33)18-5-4-17-10-22-25(35)27-12-16(3)32(22)21(17)11-18/h4-5,10-11,14-16,19H,6-9,12-13H2,1-3H3,(H,27,35)(H,28,34)(H,29,30,33). The van der Waals surface area contributed by atoms with Crippen LogP contribution in [0.5, 0.6) is 0 Å². The number of hydrogen-bond donors (Lipinski definition) is 3. The molecule has 1 fully saturated rings. The predicted octanol–water partition coefficient (Wildman–Crippen LogP) is 3.50. The quantitative estimate of drug-likeness (QED) is 0.472. The van der Waals surface area contributed by atoms with Gasteiger partial charge in [0.25, 0.3) is 17.7 Å². The van der Waals surface area contributed by atoms with Gasteiger partial charge in [0, 0.05) is 60.1 Å². The van der Waals surface area contributed by atoms with E-state index in [4.69, 9.17) is 0 Å². The molecule has 2 aliphatic heterocycles. The molecule has 2 aromatic heterocycles. The van der Waals surface area contributed by atoms with Crippen molar-refractivity contribution in [3.05, 3.63) is 46.6 Å². The van der Waals surface area contributed by atoms with Gasteiger partial charge in [-0.15, -0.1) is 11.3 Å². The van der Waals surface area contributed by atoms with Crippen LogP contribution in [0.3, 0.4) is 0 Å². The Hall–Kier alpha value is -3.24. The van der Waals surface area contributed by atoms with Crippen LogP contribution in [0.4, 0.5) is 5.13 Å². The lowest BCUT2D eigenvalue weighted by Crippen LogP contribution is -2.45. The second-order valence-corrected chi connectivity index (χ2v) is 11.0. The zero-order chi connectivity index (χ0) is 25.4. The predicted molar refractivity (Wildman–Crippen MR) is 141 cm³/mol. The van der Waals surface area contributed by atoms with Crippen LogP contribution in [0, 0.1) is 5.92 Å². The monoisotopic (exact) mass is 508 g/mol. The topological polar surface area (TPSA) is 108 Å². The summed E-state index contributed by atoms with van der Waals surface area (Å²) in [6.07, 6.45) is 1.86. The molecular weight excluding hydrogens is 476 g/mol. The molecule has 1 atom stereocenters. The van der Waals surface area contributed by atoms with Crippen LogP contribution in [0.2, 0.25) is 0 Å². The minimum Gasteiger partial charge on any atom is -0.349 e. The molecule has 0 radical (unpaired) electrons. The average molecular weight is 509 g/mol. The van der Waals surface area contributed by atoms with Crippen molar-refractivity contribution in [3.8, 4) is 0 Å². The van der Waals surface area contributed by atoms with Gasteiger partial charge in [-0.05, 0) is 43.9 Å². The van der Waals surface area contributed by atoms with Gasteiger partial charge in [0.1, 0.15) is 11.4 Å². The number of rotatable bonds is 6. The van der Waals surface area contributed by atoms with Gasteiger partial charge in [0.15, 0.2) is 5.13 Å². The minimum absolute atomic E-state index is 0.0935. The Bertz CT molecular complexity index is 1300. The van der Waals surface area contributed by atoms with E-state index in [2.05, 4.69) is 39.7 Å². The number of hydrogen-bond acceptors (Lipinski definition) is 6. The third-order valence-corrected chi connectivity index (χ3v) is 7.60. The number of benzene rings is 1. The number of likely N-dealkylation sites (tertiary alicyclic amines) is 1. The van der Waals surface area contributed by atoms with Gasteiger partial charge in [-0.25, -0.2) is 4.98 Å². The van der Waals surface area contributed by atoms with E-state index >= 15 is 0 Å². The first kappa shape index (κ1) is 24.5. The van der Waals surface area contributed by atoms with E-state index in [0.717, 1.165) is 43.4 Å². The molecule has 1 aromatic carbocycles. The first-order chi connectivity index (χ1) is 17.3. The molecule has 5 rings (SSSR count). The molecule has 1 unspecified atom stereocenters. The molecule has 9 nitrogen and oxygen atoms in total. The molecule has 0 aliphatic carbocycles. The largest absolute Gasteiger partial charge is 0.349 e. The van der Waals surface area contributed by atoms with Crippen molar-refractivity contribution in [1.29, 1.82) is 0 Å². The molecule has 1 saturated heterocycles. The maximum atomic E-state index is 13.0. The number of fused-ring (bicyclic) bond motifs is 3. The minimum atomic E-state index is -0.306. The zero-order valence-corrected chi connectivity index (χ0v) is 21.7. The average Bonchev–Trinajstić information content (AvgIpc) is 3.47. The van der Waals surface area contributed by atoms with E-state index in [1.807, 2.05) is 23.6 Å². The van der Waals surface area contributed by atoms with Crippen molar-refractivity contribution in [2.45, 2.75) is 45.7 Å². The summed E-state index contributed by atoms with van der Waals surface area (Å²) in [6.45, 7) is 10.1. The van der Waals surface area contributed by atoms with Gasteiger partial charge in [-0.3, -0.25) is 19.7 Å². The summed E-state index contributed by atoms with van der Waals surface area (Å²) in [5, 5.41) is 11.7. The molecule has 2 aliphatic rings.